The second-order valence-electron chi connectivity index (χ2n) is 16.8. The van der Waals surface area contributed by atoms with E-state index in [2.05, 4.69) is 87.4 Å². The second kappa shape index (κ2) is 27.2. The molecule has 76 heavy (non-hydrogen) atoms. The zero-order chi connectivity index (χ0) is 52.3. The number of ether oxygens (including phenoxy) is 2. The van der Waals surface area contributed by atoms with Crippen molar-refractivity contribution in [2.75, 3.05) is 23.8 Å². The quantitative estimate of drug-likeness (QED) is 0.0732. The van der Waals surface area contributed by atoms with Crippen LogP contribution in [0, 0.1) is 3.57 Å². The van der Waals surface area contributed by atoms with Crippen LogP contribution >= 0.6 is 49.6 Å². The van der Waals surface area contributed by atoms with Crippen LogP contribution in [0.4, 0.5) is 29.2 Å². The predicted molar refractivity (Wildman–Crippen MR) is 295 cm³/mol. The molecule has 0 spiro atoms. The van der Waals surface area contributed by atoms with Gasteiger partial charge < -0.3 is 39.3 Å². The van der Waals surface area contributed by atoms with Gasteiger partial charge in [0.2, 0.25) is 0 Å². The first-order valence-corrected chi connectivity index (χ1v) is 24.2. The molecule has 4 N–H and O–H groups in total. The van der Waals surface area contributed by atoms with Gasteiger partial charge in [-0.3, -0.25) is 19.6 Å². The summed E-state index contributed by atoms with van der Waals surface area (Å²) in [5.41, 5.74) is 2.76. The molecule has 2 aliphatic heterocycles. The van der Waals surface area contributed by atoms with E-state index < -0.39 is 25.9 Å². The Balaban J connectivity index is 0.000000203. The van der Waals surface area contributed by atoms with Crippen LogP contribution in [-0.4, -0.2) is 91.7 Å². The Kier molecular flexibility index (Phi) is 20.8. The third-order valence-corrected chi connectivity index (χ3v) is 12.3. The first-order valence-electron chi connectivity index (χ1n) is 23.1. The summed E-state index contributed by atoms with van der Waals surface area (Å²) in [5, 5.41) is 39.4. The van der Waals surface area contributed by atoms with Crippen LogP contribution in [-0.2, 0) is 0 Å². The number of pyridine rings is 4. The molecular weight excluding hydrogens is 1140 g/mol. The number of fused-ring (bicyclic) bond motifs is 10. The molecule has 0 unspecified atom stereocenters. The minimum atomic E-state index is -2.65. The number of anilines is 2. The van der Waals surface area contributed by atoms with Crippen molar-refractivity contribution < 1.29 is 46.7 Å². The van der Waals surface area contributed by atoms with Crippen molar-refractivity contribution in [2.24, 2.45) is 0 Å². The number of rotatable bonds is 4. The van der Waals surface area contributed by atoms with Crippen LogP contribution in [0.3, 0.4) is 0 Å². The predicted octanol–water partition coefficient (Wildman–Crippen LogP) is 9.18. The third-order valence-electron chi connectivity index (χ3n) is 11.7. The molecule has 396 valence electrons. The van der Waals surface area contributed by atoms with Gasteiger partial charge in [0, 0.05) is 39.1 Å². The lowest BCUT2D eigenvalue weighted by Crippen LogP contribution is -2.30. The van der Waals surface area contributed by atoms with Crippen LogP contribution < -0.4 is 25.6 Å². The summed E-state index contributed by atoms with van der Waals surface area (Å²) < 4.78 is 66.4. The molecule has 18 nitrogen and oxygen atoms in total. The minimum absolute atomic E-state index is 0. The number of nitrogens with one attached hydrogen (secondary N) is 2. The van der Waals surface area contributed by atoms with Gasteiger partial charge in [0.25, 0.3) is 24.7 Å². The third kappa shape index (κ3) is 14.7. The summed E-state index contributed by atoms with van der Waals surface area (Å²) in [5.74, 6) is 2.47. The van der Waals surface area contributed by atoms with Crippen molar-refractivity contribution in [3.8, 4) is 45.7 Å². The van der Waals surface area contributed by atoms with Gasteiger partial charge in [-0.05, 0) is 134 Å². The van der Waals surface area contributed by atoms with Gasteiger partial charge in [0.05, 0.1) is 24.3 Å². The van der Waals surface area contributed by atoms with Crippen LogP contribution in [0.5, 0.6) is 11.5 Å². The van der Waals surface area contributed by atoms with E-state index in [4.69, 9.17) is 19.5 Å². The number of halogens is 5. The first kappa shape index (κ1) is 58.3. The molecule has 4 bridgehead atoms. The zero-order valence-electron chi connectivity index (χ0n) is 40.6. The molecule has 26 heteroatoms. The maximum atomic E-state index is 13.3. The summed E-state index contributed by atoms with van der Waals surface area (Å²) in [4.78, 5) is 42.4. The van der Waals surface area contributed by atoms with Gasteiger partial charge in [0.1, 0.15) is 58.6 Å². The maximum absolute atomic E-state index is 13.3. The Morgan fingerprint density at radius 2 is 1.13 bits per heavy atom. The molecule has 2 aliphatic rings. The monoisotopic (exact) mass is 1190 g/mol. The Hall–Kier alpha value is -7.01. The number of amides is 2. The molecule has 0 saturated carbocycles. The van der Waals surface area contributed by atoms with E-state index in [0.717, 1.165) is 41.5 Å². The summed E-state index contributed by atoms with van der Waals surface area (Å²) in [7, 11) is -1.66. The number of alkyl halides is 4. The average molecular weight is 1190 g/mol. The SMILES string of the molecule is C[C@H]1CCCOc2ccc(-c3ccc(C(F)F)nc3)cc2C(=O)Nc2cccc(n2)-c2nncn21.C[C@H]1CCCOc2ccc(I)cc2C(=O)Nc2cccc(n2)-c2nncn21.OB(O)c1ccc(C(F)F)nc1.S.S. The summed E-state index contributed by atoms with van der Waals surface area (Å²) >= 11 is 2.19. The Bertz CT molecular complexity index is 3190. The highest BCUT2D eigenvalue weighted by atomic mass is 127. The van der Waals surface area contributed by atoms with Crippen LogP contribution in [0.15, 0.2) is 122 Å². The summed E-state index contributed by atoms with van der Waals surface area (Å²) in [6, 6.07) is 26.9. The van der Waals surface area contributed by atoms with Crippen LogP contribution in [0.25, 0.3) is 34.2 Å². The van der Waals surface area contributed by atoms with Crippen LogP contribution in [0.1, 0.15) is 96.6 Å². The fourth-order valence-corrected chi connectivity index (χ4v) is 8.24. The van der Waals surface area contributed by atoms with E-state index >= 15 is 0 Å². The van der Waals surface area contributed by atoms with E-state index in [1.807, 2.05) is 45.5 Å². The number of aromatic nitrogens is 10. The lowest BCUT2D eigenvalue weighted by molar-refractivity contribution is 0.101. The smallest absolute Gasteiger partial charge is 0.490 e. The highest BCUT2D eigenvalue weighted by molar-refractivity contribution is 14.1. The number of carbonyl (C=O) groups excluding carboxylic acids is 2. The topological polar surface area (TPSA) is 230 Å². The Labute approximate surface area is 461 Å². The zero-order valence-corrected chi connectivity index (χ0v) is 44.7. The van der Waals surface area contributed by atoms with E-state index in [-0.39, 0.29) is 61.8 Å². The molecule has 0 aliphatic carbocycles. The molecule has 0 saturated heterocycles. The molecule has 2 amide bonds. The lowest BCUT2D eigenvalue weighted by atomic mass is 9.82. The van der Waals surface area contributed by atoms with Gasteiger partial charge in [-0.2, -0.15) is 27.0 Å². The van der Waals surface area contributed by atoms with Crippen molar-refractivity contribution >= 4 is 85.6 Å². The second-order valence-corrected chi connectivity index (χ2v) is 18.1. The highest BCUT2D eigenvalue weighted by Gasteiger charge is 2.22. The number of nitrogens with zero attached hydrogens (tertiary/aromatic N) is 10. The number of benzene rings is 2. The number of carbonyl (C=O) groups is 2. The number of hydrogen-bond acceptors (Lipinski definition) is 14. The first-order chi connectivity index (χ1) is 35.7. The normalized spacial score (nSPS) is 15.1. The molecule has 0 radical (unpaired) electrons. The fraction of sp³-hybridized carbons (Fsp3) is 0.240. The molecule has 2 atom stereocenters. The van der Waals surface area contributed by atoms with Gasteiger partial charge in [-0.25, -0.2) is 27.5 Å². The van der Waals surface area contributed by atoms with E-state index in [1.165, 1.54) is 18.3 Å². The van der Waals surface area contributed by atoms with Crippen molar-refractivity contribution in [1.29, 1.82) is 0 Å². The largest absolute Gasteiger partial charge is 0.493 e. The van der Waals surface area contributed by atoms with Crippen molar-refractivity contribution in [2.45, 2.75) is 64.5 Å². The van der Waals surface area contributed by atoms with Crippen molar-refractivity contribution in [3.05, 3.63) is 148 Å². The van der Waals surface area contributed by atoms with Crippen LogP contribution in [0.2, 0.25) is 0 Å². The average Bonchev–Trinajstić information content (AvgIpc) is 4.11. The summed E-state index contributed by atoms with van der Waals surface area (Å²) in [6.45, 7) is 5.15. The van der Waals surface area contributed by atoms with E-state index in [9.17, 15) is 27.2 Å². The molecular formula is C50H50BF4IN12O6S2. The standard InChI is InChI=1S/C25H22F2N6O2.C19H18IN5O2.C6H6BF2NO2.2H2S/c1-15-4-3-11-35-21-10-8-16(17-7-9-19(23(26)27)28-13-17)12-18(21)25(34)31-22-6-2-5-20(30-22)24-32-29-14-33(15)24;1-12-4-3-9-27-16-8-7-13(20)10-14(16)19(26)23-17-6-2-5-15(22-17)18-24-21-11-25(12)18;8-6(9)5-2-1-4(3-10-5)7(11)12;;/h2,5-10,12-15,23H,3-4,11H2,1H3,(H,30,31,34);2,5-8,10-12H,3-4,9H2,1H3,(H,22,23,26);1-3,6,11-12H;2*1H2/t15-;12-;;;/m00.../s1. The lowest BCUT2D eigenvalue weighted by Gasteiger charge is -2.18. The van der Waals surface area contributed by atoms with Gasteiger partial charge >= 0.3 is 7.12 Å². The van der Waals surface area contributed by atoms with Gasteiger partial charge in [0.15, 0.2) is 11.6 Å². The number of hydrogen-bond donors (Lipinski definition) is 4. The molecule has 8 aromatic rings. The van der Waals surface area contributed by atoms with Crippen molar-refractivity contribution in [1.82, 2.24) is 49.5 Å². The van der Waals surface area contributed by atoms with Gasteiger partial charge in [-0.15, -0.1) is 20.4 Å². The van der Waals surface area contributed by atoms with Crippen molar-refractivity contribution in [3.63, 3.8) is 0 Å². The van der Waals surface area contributed by atoms with E-state index in [0.29, 0.717) is 81.6 Å². The molecule has 10 rings (SSSR count). The Morgan fingerprint density at radius 3 is 1.61 bits per heavy atom. The molecule has 8 heterocycles. The highest BCUT2D eigenvalue weighted by Crippen LogP contribution is 2.31. The Morgan fingerprint density at radius 1 is 0.645 bits per heavy atom. The van der Waals surface area contributed by atoms with Gasteiger partial charge in [-0.1, -0.05) is 30.3 Å². The summed E-state index contributed by atoms with van der Waals surface area (Å²) in [6.07, 6.45) is 3.80. The molecule has 2 aromatic carbocycles. The van der Waals surface area contributed by atoms with E-state index in [1.54, 1.807) is 55.1 Å². The fourth-order valence-electron chi connectivity index (χ4n) is 7.74. The molecule has 0 fully saturated rings. The molecule has 6 aromatic heterocycles. The maximum Gasteiger partial charge on any atom is 0.490 e. The minimum Gasteiger partial charge on any atom is -0.493 e.